The van der Waals surface area contributed by atoms with Gasteiger partial charge in [0.1, 0.15) is 0 Å². The summed E-state index contributed by atoms with van der Waals surface area (Å²) >= 11 is 0. The molecule has 27 heteroatoms. The molecule has 4 saturated heterocycles. The standard InChI is InChI=1S/C28H36N3O4.C28H35N2O5.C27H33N2O5.C27H33N2O4/c1-29-11-13-30(14-12-29)9-5-15-35-28-23-19-31-10-8-21-17-26(33-3)27(34-4)18-22(21)24(31)16-20(23)6-7-25(28)32-2;1-32-25-6-5-19-15-24-22-17-27(34-3)26(33-2)16-20(22)7-13-30(24)18-23(19)28(25)35-14-4-10-29-11-8-21(31)9-12-29;1-30-24-6-5-19-15-23-21-17-26(32-3)25(31-2)16-20(21)7-9-29(23)18-22(19)27(24)34-12-4-8-28-10-13-33-14-11-28;1-30-24-8-7-19-15-23-21-17-26(32-3)25(31-2)16-20(21)9-13-29(23)18-22(19)27(24)33-14-6-12-28-10-4-5-11-28/h6-7,16-19H,5,8-15H2,1-4H3;5-6,15-18,21,31H,4,7-14H2,1-3H3;5-6,15-18H,4,7-14H2,1-3H3;7-8,15-18H,4-6,9-14H2,1-3H3/q4*+1. The van der Waals surface area contributed by atoms with E-state index < -0.39 is 0 Å². The number of piperidine rings is 1. The maximum Gasteiger partial charge on any atom is 0.213 e. The summed E-state index contributed by atoms with van der Waals surface area (Å²) in [6, 6.07) is 42.1. The first-order valence-corrected chi connectivity index (χ1v) is 48.7. The van der Waals surface area contributed by atoms with Gasteiger partial charge in [-0.15, -0.1) is 0 Å². The Balaban J connectivity index is 0.000000127. The zero-order chi connectivity index (χ0) is 95.0. The van der Waals surface area contributed by atoms with Gasteiger partial charge in [-0.3, -0.25) is 4.90 Å². The molecule has 4 fully saturated rings. The summed E-state index contributed by atoms with van der Waals surface area (Å²) in [5.74, 6) is 12.4. The number of likely N-dealkylation sites (N-methyl/N-ethyl adjacent to an activating group) is 1. The predicted octanol–water partition coefficient (Wildman–Crippen LogP) is 14.7. The Morgan fingerprint density at radius 1 is 0.292 bits per heavy atom. The van der Waals surface area contributed by atoms with Crippen LogP contribution in [0, 0.1) is 0 Å². The minimum atomic E-state index is -0.138. The summed E-state index contributed by atoms with van der Waals surface area (Å²) in [6.07, 6.45) is 20.7. The van der Waals surface area contributed by atoms with Gasteiger partial charge in [0.05, 0.1) is 175 Å². The minimum Gasteiger partial charge on any atom is -0.493 e. The van der Waals surface area contributed by atoms with Crippen molar-refractivity contribution in [2.45, 2.75) is 109 Å². The largest absolute Gasteiger partial charge is 0.493 e. The van der Waals surface area contributed by atoms with Crippen molar-refractivity contribution < 1.29 is 104 Å². The van der Waals surface area contributed by atoms with Crippen LogP contribution >= 0.6 is 0 Å². The van der Waals surface area contributed by atoms with Crippen LogP contribution in [0.1, 0.15) is 73.6 Å². The number of nitrogens with zero attached hydrogens (tertiary/aromatic N) is 9. The second kappa shape index (κ2) is 45.5. The highest BCUT2D eigenvalue weighted by atomic mass is 16.5. The van der Waals surface area contributed by atoms with Gasteiger partial charge in [-0.1, -0.05) is 0 Å². The van der Waals surface area contributed by atoms with Gasteiger partial charge in [0.15, 0.2) is 143 Å². The summed E-state index contributed by atoms with van der Waals surface area (Å²) in [5, 5.41) is 18.5. The lowest BCUT2D eigenvalue weighted by atomic mass is 9.95. The Labute approximate surface area is 805 Å². The molecule has 0 spiro atoms. The van der Waals surface area contributed by atoms with Crippen molar-refractivity contribution in [3.8, 4) is 137 Å². The van der Waals surface area contributed by atoms with Crippen molar-refractivity contribution in [2.24, 2.45) is 0 Å². The Bertz CT molecular complexity index is 6040. The first-order chi connectivity index (χ1) is 67.1. The molecule has 0 amide bonds. The van der Waals surface area contributed by atoms with Gasteiger partial charge in [-0.05, 0) is 212 Å². The van der Waals surface area contributed by atoms with E-state index in [0.717, 1.165) is 329 Å². The van der Waals surface area contributed by atoms with Gasteiger partial charge >= 0.3 is 0 Å². The van der Waals surface area contributed by atoms with E-state index in [4.69, 9.17) is 80.5 Å². The van der Waals surface area contributed by atoms with Crippen LogP contribution in [-0.4, -0.2) is 259 Å². The third-order valence-corrected chi connectivity index (χ3v) is 28.1. The molecule has 726 valence electrons. The summed E-state index contributed by atoms with van der Waals surface area (Å²) in [7, 11) is 22.4. The zero-order valence-corrected chi connectivity index (χ0v) is 82.3. The van der Waals surface area contributed by atoms with Gasteiger partial charge in [-0.25, -0.2) is 0 Å². The molecule has 0 radical (unpaired) electrons. The van der Waals surface area contributed by atoms with Crippen LogP contribution in [-0.2, 0) is 56.6 Å². The van der Waals surface area contributed by atoms with Gasteiger partial charge in [0.2, 0.25) is 22.8 Å². The Morgan fingerprint density at radius 2 is 0.540 bits per heavy atom. The van der Waals surface area contributed by atoms with Gasteiger partial charge in [0, 0.05) is 128 Å². The Hall–Kier alpha value is -12.1. The van der Waals surface area contributed by atoms with Crippen LogP contribution in [0.3, 0.4) is 0 Å². The number of hydrogen-bond acceptors (Lipinski definition) is 23. The highest BCUT2D eigenvalue weighted by Crippen LogP contribution is 2.47. The Kier molecular flexibility index (Phi) is 32.1. The second-order valence-electron chi connectivity index (χ2n) is 36.3. The molecule has 0 atom stereocenters. The molecular formula is C110H137N9O18+4. The first kappa shape index (κ1) is 96.6. The van der Waals surface area contributed by atoms with Crippen LogP contribution < -0.4 is 94.1 Å². The fourth-order valence-electron chi connectivity index (χ4n) is 20.5. The topological polar surface area (TPSA) is 209 Å². The number of ether oxygens (including phenoxy) is 17. The van der Waals surface area contributed by atoms with Crippen LogP contribution in [0.15, 0.2) is 146 Å². The fraction of sp³-hybridized carbons (Fsp3) is 0.455. The number of aliphatic hydroxyl groups is 1. The number of piperazine rings is 1. The average Bonchev–Trinajstić information content (AvgIpc) is 1.01. The normalized spacial score (nSPS) is 15.7. The zero-order valence-electron chi connectivity index (χ0n) is 82.3. The van der Waals surface area contributed by atoms with E-state index in [2.05, 4.69) is 172 Å². The van der Waals surface area contributed by atoms with Crippen molar-refractivity contribution in [3.05, 3.63) is 168 Å². The highest BCUT2D eigenvalue weighted by Gasteiger charge is 2.35. The third-order valence-electron chi connectivity index (χ3n) is 28.1. The second-order valence-corrected chi connectivity index (χ2v) is 36.3. The molecule has 0 bridgehead atoms. The van der Waals surface area contributed by atoms with Crippen molar-refractivity contribution >= 4 is 43.1 Å². The number of rotatable bonds is 32. The molecule has 12 heterocycles. The highest BCUT2D eigenvalue weighted by molar-refractivity contribution is 5.95. The van der Waals surface area contributed by atoms with Crippen LogP contribution in [0.25, 0.3) is 88.1 Å². The molecule has 0 unspecified atom stereocenters. The van der Waals surface area contributed by atoms with Crippen molar-refractivity contribution in [1.29, 1.82) is 0 Å². The van der Waals surface area contributed by atoms with E-state index in [1.807, 2.05) is 24.3 Å². The summed E-state index contributed by atoms with van der Waals surface area (Å²) in [4.78, 5) is 12.3. The molecule has 0 aliphatic carbocycles. The summed E-state index contributed by atoms with van der Waals surface area (Å²) in [6.45, 7) is 22.9. The van der Waals surface area contributed by atoms with Crippen molar-refractivity contribution in [2.75, 3.05) is 224 Å². The van der Waals surface area contributed by atoms with Gasteiger partial charge < -0.3 is 105 Å². The lowest BCUT2D eigenvalue weighted by Gasteiger charge is -2.32. The van der Waals surface area contributed by atoms with E-state index in [9.17, 15) is 5.11 Å². The quantitative estimate of drug-likeness (QED) is 0.0307. The van der Waals surface area contributed by atoms with Crippen molar-refractivity contribution in [3.63, 3.8) is 0 Å². The van der Waals surface area contributed by atoms with Crippen molar-refractivity contribution in [1.82, 2.24) is 24.5 Å². The van der Waals surface area contributed by atoms with Crippen LogP contribution in [0.2, 0.25) is 0 Å². The first-order valence-electron chi connectivity index (χ1n) is 48.7. The molecule has 8 aliphatic heterocycles. The van der Waals surface area contributed by atoms with E-state index >= 15 is 0 Å². The number of morpholine rings is 1. The lowest BCUT2D eigenvalue weighted by Crippen LogP contribution is -2.44. The smallest absolute Gasteiger partial charge is 0.213 e. The monoisotopic (exact) mass is 1870 g/mol. The predicted molar refractivity (Wildman–Crippen MR) is 531 cm³/mol. The SMILES string of the molecule is COc1cc2c(cc1OC)-c1cc3ccc(OC)c(OCCCN4CCC(O)CC4)c3c[n+]1CC2.COc1cc2c(cc1OC)-c1cc3ccc(OC)c(OCCCN4CCCC4)c3c[n+]1CC2.COc1cc2c(cc1OC)-c1cc3ccc(OC)c(OCCCN4CCN(C)CC4)c3c[n+]1CC2.COc1cc2c(cc1OC)-c1cc3ccc(OC)c(OCCCN4CCOCC4)c3c[n+]1CC2. The molecule has 4 aromatic heterocycles. The fourth-order valence-corrected chi connectivity index (χ4v) is 20.5. The van der Waals surface area contributed by atoms with E-state index in [-0.39, 0.29) is 6.10 Å². The average molecular weight is 1870 g/mol. The maximum atomic E-state index is 9.71. The number of aliphatic hydroxyl groups excluding tert-OH is 1. The Morgan fingerprint density at radius 3 is 0.810 bits per heavy atom. The van der Waals surface area contributed by atoms with E-state index in [1.54, 1.807) is 85.3 Å². The summed E-state index contributed by atoms with van der Waals surface area (Å²) in [5.41, 5.74) is 14.5. The molecule has 1 N–H and O–H groups in total. The third kappa shape index (κ3) is 21.8. The van der Waals surface area contributed by atoms with Gasteiger partial charge in [0.25, 0.3) is 0 Å². The number of aromatic nitrogens is 4. The molecule has 27 nitrogen and oxygen atoms in total. The molecule has 12 aromatic rings. The number of benzene rings is 8. The lowest BCUT2D eigenvalue weighted by molar-refractivity contribution is -0.686. The molecular weight excluding hydrogens is 1740 g/mol. The van der Waals surface area contributed by atoms with Gasteiger partial charge in [-0.2, -0.15) is 18.3 Å². The van der Waals surface area contributed by atoms with Crippen LogP contribution in [0.5, 0.6) is 92.0 Å². The van der Waals surface area contributed by atoms with Crippen LogP contribution in [0.4, 0.5) is 0 Å². The number of fused-ring (bicyclic) bond motifs is 16. The maximum absolute atomic E-state index is 9.71. The molecule has 8 aromatic carbocycles. The molecule has 137 heavy (non-hydrogen) atoms. The van der Waals surface area contributed by atoms with E-state index in [0.29, 0.717) is 26.4 Å². The summed E-state index contributed by atoms with van der Waals surface area (Å²) < 4.78 is 107. The van der Waals surface area contributed by atoms with E-state index in [1.165, 1.54) is 81.8 Å². The number of pyridine rings is 4. The minimum absolute atomic E-state index is 0.138. The molecule has 8 aliphatic rings. The molecule has 20 rings (SSSR count). The molecule has 0 saturated carbocycles. The number of aryl methyl sites for hydroxylation is 8. The number of hydrogen-bond donors (Lipinski definition) is 1. The number of methoxy groups -OCH3 is 12. The number of likely N-dealkylation sites (tertiary alicyclic amines) is 2.